The fourth-order valence-corrected chi connectivity index (χ4v) is 3.24. The molecule has 0 saturated carbocycles. The molecule has 1 aromatic rings. The molecule has 1 aromatic carbocycles. The SMILES string of the molecule is O=S(=O)(Cl)c1ccc(CN2CCCCC2)c(C(F)(F)F)c1. The van der Waals surface area contributed by atoms with Gasteiger partial charge < -0.3 is 0 Å². The van der Waals surface area contributed by atoms with E-state index in [0.29, 0.717) is 6.07 Å². The van der Waals surface area contributed by atoms with Crippen LogP contribution in [0.1, 0.15) is 30.4 Å². The lowest BCUT2D eigenvalue weighted by Gasteiger charge is -2.27. The van der Waals surface area contributed by atoms with Crippen molar-refractivity contribution in [2.45, 2.75) is 36.9 Å². The number of halogens is 4. The quantitative estimate of drug-likeness (QED) is 0.788. The average Bonchev–Trinajstić information content (AvgIpc) is 2.38. The summed E-state index contributed by atoms with van der Waals surface area (Å²) in [7, 11) is 0.942. The topological polar surface area (TPSA) is 37.4 Å². The summed E-state index contributed by atoms with van der Waals surface area (Å²) in [6.45, 7) is 1.68. The van der Waals surface area contributed by atoms with Crippen molar-refractivity contribution in [2.24, 2.45) is 0 Å². The zero-order chi connectivity index (χ0) is 15.7. The van der Waals surface area contributed by atoms with E-state index in [0.717, 1.165) is 38.4 Å². The van der Waals surface area contributed by atoms with Gasteiger partial charge in [-0.05, 0) is 43.6 Å². The molecule has 118 valence electrons. The van der Waals surface area contributed by atoms with Gasteiger partial charge >= 0.3 is 6.18 Å². The number of rotatable bonds is 3. The number of piperidine rings is 1. The summed E-state index contributed by atoms with van der Waals surface area (Å²) >= 11 is 0. The van der Waals surface area contributed by atoms with E-state index in [-0.39, 0.29) is 12.1 Å². The van der Waals surface area contributed by atoms with Gasteiger partial charge in [0.15, 0.2) is 0 Å². The maximum Gasteiger partial charge on any atom is 0.416 e. The van der Waals surface area contributed by atoms with Crippen LogP contribution in [0.15, 0.2) is 23.1 Å². The Morgan fingerprint density at radius 3 is 2.29 bits per heavy atom. The molecule has 1 saturated heterocycles. The molecule has 8 heteroatoms. The second-order valence-corrected chi connectivity index (χ2v) is 7.66. The highest BCUT2D eigenvalue weighted by Gasteiger charge is 2.35. The fourth-order valence-electron chi connectivity index (χ4n) is 2.47. The molecule has 0 aromatic heterocycles. The van der Waals surface area contributed by atoms with Crippen molar-refractivity contribution in [3.8, 4) is 0 Å². The third-order valence-corrected chi connectivity index (χ3v) is 4.86. The number of hydrogen-bond donors (Lipinski definition) is 0. The number of likely N-dealkylation sites (tertiary alicyclic amines) is 1. The Bertz CT molecular complexity index is 610. The molecule has 0 spiro atoms. The van der Waals surface area contributed by atoms with Crippen LogP contribution in [-0.4, -0.2) is 26.4 Å². The van der Waals surface area contributed by atoms with Crippen LogP contribution in [-0.2, 0) is 21.8 Å². The van der Waals surface area contributed by atoms with E-state index in [1.54, 1.807) is 0 Å². The highest BCUT2D eigenvalue weighted by atomic mass is 35.7. The van der Waals surface area contributed by atoms with Crippen molar-refractivity contribution >= 4 is 19.7 Å². The number of benzene rings is 1. The summed E-state index contributed by atoms with van der Waals surface area (Å²) in [5, 5.41) is 0. The monoisotopic (exact) mass is 341 g/mol. The highest BCUT2D eigenvalue weighted by Crippen LogP contribution is 2.35. The van der Waals surface area contributed by atoms with Gasteiger partial charge in [-0.1, -0.05) is 12.5 Å². The maximum absolute atomic E-state index is 13.1. The summed E-state index contributed by atoms with van der Waals surface area (Å²) < 4.78 is 61.7. The number of alkyl halides is 3. The van der Waals surface area contributed by atoms with Crippen LogP contribution in [0.5, 0.6) is 0 Å². The van der Waals surface area contributed by atoms with Crippen LogP contribution in [0.2, 0.25) is 0 Å². The zero-order valence-corrected chi connectivity index (χ0v) is 12.7. The molecule has 1 heterocycles. The van der Waals surface area contributed by atoms with Gasteiger partial charge in [-0.25, -0.2) is 8.42 Å². The first kappa shape index (κ1) is 16.6. The van der Waals surface area contributed by atoms with Gasteiger partial charge in [-0.3, -0.25) is 4.90 Å². The van der Waals surface area contributed by atoms with Crippen LogP contribution in [0.4, 0.5) is 13.2 Å². The predicted molar refractivity (Wildman–Crippen MR) is 73.6 cm³/mol. The number of nitrogens with zero attached hydrogens (tertiary/aromatic N) is 1. The molecule has 2 rings (SSSR count). The van der Waals surface area contributed by atoms with Crippen LogP contribution >= 0.6 is 10.7 Å². The third-order valence-electron chi connectivity index (χ3n) is 3.51. The Labute approximate surface area is 126 Å². The van der Waals surface area contributed by atoms with Crippen LogP contribution in [0, 0.1) is 0 Å². The second kappa shape index (κ2) is 6.14. The third kappa shape index (κ3) is 4.34. The van der Waals surface area contributed by atoms with E-state index >= 15 is 0 Å². The first-order valence-electron chi connectivity index (χ1n) is 6.55. The van der Waals surface area contributed by atoms with Crippen LogP contribution in [0.25, 0.3) is 0 Å². The molecule has 0 amide bonds. The van der Waals surface area contributed by atoms with E-state index in [1.165, 1.54) is 6.07 Å². The Kier molecular flexibility index (Phi) is 4.85. The van der Waals surface area contributed by atoms with Crippen molar-refractivity contribution in [3.05, 3.63) is 29.3 Å². The van der Waals surface area contributed by atoms with Gasteiger partial charge in [-0.2, -0.15) is 13.2 Å². The van der Waals surface area contributed by atoms with E-state index in [9.17, 15) is 21.6 Å². The normalized spacial score (nSPS) is 17.9. The molecule has 1 fully saturated rings. The zero-order valence-electron chi connectivity index (χ0n) is 11.2. The van der Waals surface area contributed by atoms with Gasteiger partial charge in [0.2, 0.25) is 0 Å². The first-order chi connectivity index (χ1) is 9.68. The Hall–Kier alpha value is -0.790. The molecule has 0 unspecified atom stereocenters. The molecule has 3 nitrogen and oxygen atoms in total. The highest BCUT2D eigenvalue weighted by molar-refractivity contribution is 8.13. The molecular weight excluding hydrogens is 327 g/mol. The largest absolute Gasteiger partial charge is 0.416 e. The van der Waals surface area contributed by atoms with Crippen LogP contribution < -0.4 is 0 Å². The molecule has 0 atom stereocenters. The van der Waals surface area contributed by atoms with Gasteiger partial charge in [0.05, 0.1) is 10.5 Å². The number of hydrogen-bond acceptors (Lipinski definition) is 3. The Morgan fingerprint density at radius 2 is 1.76 bits per heavy atom. The van der Waals surface area contributed by atoms with E-state index in [4.69, 9.17) is 10.7 Å². The smallest absolute Gasteiger partial charge is 0.299 e. The molecule has 1 aliphatic heterocycles. The summed E-state index contributed by atoms with van der Waals surface area (Å²) in [5.41, 5.74) is -0.858. The second-order valence-electron chi connectivity index (χ2n) is 5.09. The van der Waals surface area contributed by atoms with Crippen molar-refractivity contribution < 1.29 is 21.6 Å². The summed E-state index contributed by atoms with van der Waals surface area (Å²) in [5.74, 6) is 0. The van der Waals surface area contributed by atoms with Gasteiger partial charge in [0.1, 0.15) is 0 Å². The van der Waals surface area contributed by atoms with Gasteiger partial charge in [0.25, 0.3) is 9.05 Å². The molecule has 0 N–H and O–H groups in total. The van der Waals surface area contributed by atoms with Gasteiger partial charge in [-0.15, -0.1) is 0 Å². The minimum absolute atomic E-state index is 0.0773. The molecular formula is C13H15ClF3NO2S. The molecule has 21 heavy (non-hydrogen) atoms. The Balaban J connectivity index is 2.36. The van der Waals surface area contributed by atoms with E-state index in [1.807, 2.05) is 4.90 Å². The predicted octanol–water partition coefficient (Wildman–Crippen LogP) is 3.62. The maximum atomic E-state index is 13.1. The van der Waals surface area contributed by atoms with E-state index < -0.39 is 25.7 Å². The fraction of sp³-hybridized carbons (Fsp3) is 0.538. The summed E-state index contributed by atoms with van der Waals surface area (Å²) in [6, 6.07) is 2.94. The lowest BCUT2D eigenvalue weighted by Crippen LogP contribution is -2.30. The summed E-state index contributed by atoms with van der Waals surface area (Å²) in [4.78, 5) is 1.42. The lowest BCUT2D eigenvalue weighted by molar-refractivity contribution is -0.138. The summed E-state index contributed by atoms with van der Waals surface area (Å²) in [6.07, 6.45) is -1.58. The Morgan fingerprint density at radius 1 is 1.14 bits per heavy atom. The first-order valence-corrected chi connectivity index (χ1v) is 8.86. The van der Waals surface area contributed by atoms with Crippen LogP contribution in [0.3, 0.4) is 0 Å². The van der Waals surface area contributed by atoms with Crippen molar-refractivity contribution in [1.82, 2.24) is 4.90 Å². The minimum Gasteiger partial charge on any atom is -0.299 e. The minimum atomic E-state index is -4.61. The molecule has 0 aliphatic carbocycles. The van der Waals surface area contributed by atoms with Gasteiger partial charge in [0, 0.05) is 17.2 Å². The molecule has 0 bridgehead atoms. The molecule has 0 radical (unpaired) electrons. The van der Waals surface area contributed by atoms with Crippen molar-refractivity contribution in [1.29, 1.82) is 0 Å². The van der Waals surface area contributed by atoms with E-state index in [2.05, 4.69) is 0 Å². The lowest BCUT2D eigenvalue weighted by atomic mass is 10.0. The molecule has 1 aliphatic rings. The standard InChI is InChI=1S/C13H15ClF3NO2S/c14-21(19,20)11-5-4-10(12(8-11)13(15,16)17)9-18-6-2-1-3-7-18/h4-5,8H,1-3,6-7,9H2. The average molecular weight is 342 g/mol. The van der Waals surface area contributed by atoms with Crippen molar-refractivity contribution in [2.75, 3.05) is 13.1 Å². The van der Waals surface area contributed by atoms with Crippen molar-refractivity contribution in [3.63, 3.8) is 0 Å².